The summed E-state index contributed by atoms with van der Waals surface area (Å²) in [6.07, 6.45) is 1.74. The fraction of sp³-hybridized carbons (Fsp3) is 0.600. The van der Waals surface area contributed by atoms with Gasteiger partial charge in [0.1, 0.15) is 0 Å². The minimum atomic E-state index is -0.211. The number of hydrogen-bond acceptors (Lipinski definition) is 4. The summed E-state index contributed by atoms with van der Waals surface area (Å²) in [4.78, 5) is 2.28. The van der Waals surface area contributed by atoms with Crippen molar-refractivity contribution < 1.29 is 9.84 Å². The Balaban J connectivity index is 2.06. The summed E-state index contributed by atoms with van der Waals surface area (Å²) in [6.45, 7) is 4.11. The highest BCUT2D eigenvalue weighted by molar-refractivity contribution is 9.10. The van der Waals surface area contributed by atoms with Gasteiger partial charge in [-0.3, -0.25) is 0 Å². The quantitative estimate of drug-likeness (QED) is 0.777. The summed E-state index contributed by atoms with van der Waals surface area (Å²) in [5, 5.41) is 13.2. The number of anilines is 1. The molecule has 4 nitrogen and oxygen atoms in total. The lowest BCUT2D eigenvalue weighted by Gasteiger charge is -2.33. The third kappa shape index (κ3) is 4.45. The highest BCUT2D eigenvalue weighted by atomic mass is 79.9. The average Bonchev–Trinajstić information content (AvgIpc) is 2.45. The number of aliphatic hydroxyl groups excluding tert-OH is 1. The molecule has 0 aromatic heterocycles. The number of rotatable bonds is 6. The number of methoxy groups -OCH3 is 1. The van der Waals surface area contributed by atoms with E-state index in [2.05, 4.69) is 44.3 Å². The molecule has 1 unspecified atom stereocenters. The normalized spacial score (nSPS) is 19.4. The van der Waals surface area contributed by atoms with Crippen molar-refractivity contribution in [2.45, 2.75) is 25.5 Å². The third-order valence-electron chi connectivity index (χ3n) is 3.58. The van der Waals surface area contributed by atoms with E-state index in [9.17, 15) is 5.11 Å². The Hall–Kier alpha value is -0.620. The van der Waals surface area contributed by atoms with Gasteiger partial charge in [0.25, 0.3) is 0 Å². The molecule has 20 heavy (non-hydrogen) atoms. The molecule has 0 aliphatic carbocycles. The second kappa shape index (κ2) is 7.98. The van der Waals surface area contributed by atoms with Crippen molar-refractivity contribution in [1.29, 1.82) is 0 Å². The van der Waals surface area contributed by atoms with E-state index < -0.39 is 0 Å². The van der Waals surface area contributed by atoms with Gasteiger partial charge < -0.3 is 20.1 Å². The Bertz CT molecular complexity index is 428. The minimum Gasteiger partial charge on any atom is -0.391 e. The van der Waals surface area contributed by atoms with Crippen molar-refractivity contribution in [3.8, 4) is 0 Å². The molecule has 2 N–H and O–H groups in total. The van der Waals surface area contributed by atoms with Gasteiger partial charge in [-0.05, 0) is 30.5 Å². The van der Waals surface area contributed by atoms with Crippen molar-refractivity contribution >= 4 is 21.6 Å². The molecule has 1 fully saturated rings. The number of β-amino-alcohol motifs (C(OH)–C–C–N with tert-alkyl or cyclic N) is 1. The van der Waals surface area contributed by atoms with Crippen LogP contribution in [0.15, 0.2) is 22.7 Å². The monoisotopic (exact) mass is 342 g/mol. The maximum Gasteiger partial charge on any atom is 0.0715 e. The topological polar surface area (TPSA) is 44.7 Å². The van der Waals surface area contributed by atoms with Gasteiger partial charge in [0, 0.05) is 43.4 Å². The molecule has 0 spiro atoms. The van der Waals surface area contributed by atoms with Crippen LogP contribution >= 0.6 is 15.9 Å². The zero-order valence-corrected chi connectivity index (χ0v) is 13.5. The minimum absolute atomic E-state index is 0.211. The van der Waals surface area contributed by atoms with E-state index in [0.29, 0.717) is 6.61 Å². The summed E-state index contributed by atoms with van der Waals surface area (Å²) >= 11 is 3.54. The van der Waals surface area contributed by atoms with Crippen LogP contribution in [-0.2, 0) is 11.3 Å². The number of hydrogen-bond donors (Lipinski definition) is 2. The molecule has 2 rings (SSSR count). The van der Waals surface area contributed by atoms with Gasteiger partial charge in [0.05, 0.1) is 12.7 Å². The molecule has 0 bridgehead atoms. The Morgan fingerprint density at radius 2 is 2.35 bits per heavy atom. The number of piperidine rings is 1. The van der Waals surface area contributed by atoms with Crippen LogP contribution in [0.1, 0.15) is 18.4 Å². The van der Waals surface area contributed by atoms with E-state index in [1.807, 2.05) is 0 Å². The number of aliphatic hydroxyl groups is 1. The maximum absolute atomic E-state index is 9.86. The maximum atomic E-state index is 9.86. The van der Waals surface area contributed by atoms with Crippen LogP contribution in [0.2, 0.25) is 0 Å². The molecule has 5 heteroatoms. The van der Waals surface area contributed by atoms with Gasteiger partial charge in [-0.15, -0.1) is 0 Å². The number of nitrogens with zero attached hydrogens (tertiary/aromatic N) is 1. The molecule has 1 heterocycles. The highest BCUT2D eigenvalue weighted by Gasteiger charge is 2.20. The third-order valence-corrected chi connectivity index (χ3v) is 4.08. The zero-order valence-electron chi connectivity index (χ0n) is 11.9. The van der Waals surface area contributed by atoms with Gasteiger partial charge in [0.15, 0.2) is 0 Å². The SMILES string of the molecule is COCCNCc1ccc(Br)cc1N1CCCC(O)C1. The molecule has 1 aromatic rings. The van der Waals surface area contributed by atoms with Crippen LogP contribution in [0.3, 0.4) is 0 Å². The largest absolute Gasteiger partial charge is 0.391 e. The standard InChI is InChI=1S/C15H23BrN2O2/c1-20-8-6-17-10-12-4-5-13(16)9-15(12)18-7-2-3-14(19)11-18/h4-5,9,14,17,19H,2-3,6-8,10-11H2,1H3. The molecular formula is C15H23BrN2O2. The molecule has 1 aliphatic rings. The van der Waals surface area contributed by atoms with E-state index >= 15 is 0 Å². The predicted octanol–water partition coefficient (Wildman–Crippen LogP) is 2.15. The number of nitrogens with one attached hydrogen (secondary N) is 1. The van der Waals surface area contributed by atoms with Crippen molar-refractivity contribution in [3.05, 3.63) is 28.2 Å². The van der Waals surface area contributed by atoms with Crippen molar-refractivity contribution in [2.75, 3.05) is 38.3 Å². The molecular weight excluding hydrogens is 320 g/mol. The molecule has 1 aliphatic heterocycles. The molecule has 0 saturated carbocycles. The van der Waals surface area contributed by atoms with E-state index in [-0.39, 0.29) is 6.10 Å². The van der Waals surface area contributed by atoms with Crippen molar-refractivity contribution in [3.63, 3.8) is 0 Å². The molecule has 0 amide bonds. The van der Waals surface area contributed by atoms with Gasteiger partial charge in [-0.25, -0.2) is 0 Å². The van der Waals surface area contributed by atoms with Crippen LogP contribution in [0.4, 0.5) is 5.69 Å². The molecule has 112 valence electrons. The molecule has 1 aromatic carbocycles. The number of ether oxygens (including phenoxy) is 1. The first-order chi connectivity index (χ1) is 9.70. The van der Waals surface area contributed by atoms with Crippen LogP contribution < -0.4 is 10.2 Å². The van der Waals surface area contributed by atoms with E-state index in [4.69, 9.17) is 4.74 Å². The van der Waals surface area contributed by atoms with Gasteiger partial charge in [0.2, 0.25) is 0 Å². The van der Waals surface area contributed by atoms with E-state index in [0.717, 1.165) is 43.5 Å². The summed E-state index contributed by atoms with van der Waals surface area (Å²) in [5.41, 5.74) is 2.47. The first kappa shape index (κ1) is 15.8. The number of benzene rings is 1. The smallest absolute Gasteiger partial charge is 0.0715 e. The van der Waals surface area contributed by atoms with Crippen molar-refractivity contribution in [2.24, 2.45) is 0 Å². The number of halogens is 1. The second-order valence-corrected chi connectivity index (χ2v) is 6.10. The second-order valence-electron chi connectivity index (χ2n) is 5.18. The van der Waals surface area contributed by atoms with E-state index in [1.54, 1.807) is 7.11 Å². The molecule has 1 saturated heterocycles. The molecule has 0 radical (unpaired) electrons. The lowest BCUT2D eigenvalue weighted by molar-refractivity contribution is 0.154. The fourth-order valence-electron chi connectivity index (χ4n) is 2.55. The van der Waals surface area contributed by atoms with Gasteiger partial charge >= 0.3 is 0 Å². The van der Waals surface area contributed by atoms with E-state index in [1.165, 1.54) is 11.3 Å². The Morgan fingerprint density at radius 1 is 1.50 bits per heavy atom. The Labute approximate surface area is 129 Å². The van der Waals surface area contributed by atoms with Crippen LogP contribution in [0.25, 0.3) is 0 Å². The zero-order chi connectivity index (χ0) is 14.4. The fourth-order valence-corrected chi connectivity index (χ4v) is 2.90. The first-order valence-electron chi connectivity index (χ1n) is 7.12. The average molecular weight is 343 g/mol. The van der Waals surface area contributed by atoms with Crippen LogP contribution in [0.5, 0.6) is 0 Å². The highest BCUT2D eigenvalue weighted by Crippen LogP contribution is 2.27. The van der Waals surface area contributed by atoms with Gasteiger partial charge in [-0.2, -0.15) is 0 Å². The van der Waals surface area contributed by atoms with Crippen molar-refractivity contribution in [1.82, 2.24) is 5.32 Å². The summed E-state index contributed by atoms with van der Waals surface area (Å²) in [6, 6.07) is 6.35. The van der Waals surface area contributed by atoms with Crippen LogP contribution in [0, 0.1) is 0 Å². The van der Waals surface area contributed by atoms with Crippen LogP contribution in [-0.4, -0.2) is 44.6 Å². The molecule has 1 atom stereocenters. The van der Waals surface area contributed by atoms with Gasteiger partial charge in [-0.1, -0.05) is 22.0 Å². The lowest BCUT2D eigenvalue weighted by atomic mass is 10.1. The Kier molecular flexibility index (Phi) is 6.29. The summed E-state index contributed by atoms with van der Waals surface area (Å²) in [5.74, 6) is 0. The predicted molar refractivity (Wildman–Crippen MR) is 85.2 cm³/mol. The lowest BCUT2D eigenvalue weighted by Crippen LogP contribution is -2.39. The summed E-state index contributed by atoms with van der Waals surface area (Å²) < 4.78 is 6.12. The first-order valence-corrected chi connectivity index (χ1v) is 7.91. The summed E-state index contributed by atoms with van der Waals surface area (Å²) in [7, 11) is 1.71. The Morgan fingerprint density at radius 3 is 3.10 bits per heavy atom.